The topological polar surface area (TPSA) is 33.2 Å². The van der Waals surface area contributed by atoms with Gasteiger partial charge in [-0.25, -0.2) is 0 Å². The zero-order valence-corrected chi connectivity index (χ0v) is 11.4. The van der Waals surface area contributed by atoms with Gasteiger partial charge in [-0.15, -0.1) is 0 Å². The molecule has 0 saturated carbocycles. The van der Waals surface area contributed by atoms with E-state index >= 15 is 0 Å². The van der Waals surface area contributed by atoms with Gasteiger partial charge in [0.25, 0.3) is 0 Å². The lowest BCUT2D eigenvalue weighted by Gasteiger charge is -2.33. The van der Waals surface area contributed by atoms with Gasteiger partial charge in [-0.05, 0) is 30.9 Å². The molecule has 2 rings (SSSR count). The van der Waals surface area contributed by atoms with Crippen molar-refractivity contribution in [1.82, 2.24) is 4.98 Å². The highest BCUT2D eigenvalue weighted by molar-refractivity contribution is 5.94. The van der Waals surface area contributed by atoms with Gasteiger partial charge in [0.1, 0.15) is 5.69 Å². The van der Waals surface area contributed by atoms with Crippen LogP contribution in [0, 0.1) is 5.92 Å². The third-order valence-corrected chi connectivity index (χ3v) is 3.91. The van der Waals surface area contributed by atoms with Gasteiger partial charge in [-0.2, -0.15) is 0 Å². The first-order valence-electron chi connectivity index (χ1n) is 6.98. The molecule has 1 fully saturated rings. The number of Topliss-reactive ketones (excluding diaryl/α,β-unsaturated/α-hetero) is 1. The van der Waals surface area contributed by atoms with E-state index in [2.05, 4.69) is 16.8 Å². The van der Waals surface area contributed by atoms with Crippen LogP contribution >= 0.6 is 0 Å². The molecule has 0 aliphatic carbocycles. The van der Waals surface area contributed by atoms with E-state index in [-0.39, 0.29) is 5.78 Å². The maximum atomic E-state index is 11.5. The van der Waals surface area contributed by atoms with Crippen LogP contribution in [0.25, 0.3) is 0 Å². The molecule has 1 aromatic rings. The number of pyridine rings is 1. The molecule has 2 heterocycles. The van der Waals surface area contributed by atoms with E-state index in [1.165, 1.54) is 19.3 Å². The lowest BCUT2D eigenvalue weighted by molar-refractivity contribution is 0.0983. The van der Waals surface area contributed by atoms with Gasteiger partial charge in [-0.1, -0.05) is 20.3 Å². The highest BCUT2D eigenvalue weighted by atomic mass is 16.1. The number of anilines is 1. The molecule has 1 aromatic heterocycles. The SMILES string of the molecule is CCC(=O)c1ccc(N2CCC(CC)CC2)cn1. The van der Waals surface area contributed by atoms with Gasteiger partial charge in [0.05, 0.1) is 11.9 Å². The van der Waals surface area contributed by atoms with E-state index in [4.69, 9.17) is 0 Å². The highest BCUT2D eigenvalue weighted by Crippen LogP contribution is 2.24. The van der Waals surface area contributed by atoms with Crippen LogP contribution < -0.4 is 4.90 Å². The summed E-state index contributed by atoms with van der Waals surface area (Å²) in [6, 6.07) is 3.88. The van der Waals surface area contributed by atoms with Gasteiger partial charge < -0.3 is 4.90 Å². The van der Waals surface area contributed by atoms with E-state index in [1.54, 1.807) is 0 Å². The van der Waals surface area contributed by atoms with E-state index in [0.717, 1.165) is 24.7 Å². The molecule has 3 nitrogen and oxygen atoms in total. The zero-order valence-electron chi connectivity index (χ0n) is 11.4. The number of hydrogen-bond acceptors (Lipinski definition) is 3. The number of aromatic nitrogens is 1. The molecule has 0 unspecified atom stereocenters. The Bertz CT molecular complexity index is 391. The first-order chi connectivity index (χ1) is 8.74. The van der Waals surface area contributed by atoms with Crippen LogP contribution in [0.1, 0.15) is 50.0 Å². The van der Waals surface area contributed by atoms with Crippen molar-refractivity contribution in [3.8, 4) is 0 Å². The molecule has 1 saturated heterocycles. The standard InChI is InChI=1S/C15H22N2O/c1-3-12-7-9-17(10-8-12)13-5-6-14(16-11-13)15(18)4-2/h5-6,11-12H,3-4,7-10H2,1-2H3. The van der Waals surface area contributed by atoms with Crippen LogP contribution in [0.2, 0.25) is 0 Å². The molecule has 3 heteroatoms. The van der Waals surface area contributed by atoms with Crippen LogP contribution in [0.5, 0.6) is 0 Å². The van der Waals surface area contributed by atoms with Crippen molar-refractivity contribution < 1.29 is 4.79 Å². The molecular formula is C15H22N2O. The Morgan fingerprint density at radius 2 is 2.06 bits per heavy atom. The average Bonchev–Trinajstić information content (AvgIpc) is 2.47. The lowest BCUT2D eigenvalue weighted by Crippen LogP contribution is -2.33. The third kappa shape index (κ3) is 2.89. The minimum absolute atomic E-state index is 0.117. The summed E-state index contributed by atoms with van der Waals surface area (Å²) < 4.78 is 0. The van der Waals surface area contributed by atoms with Crippen molar-refractivity contribution in [2.75, 3.05) is 18.0 Å². The number of carbonyl (C=O) groups excluding carboxylic acids is 1. The first kappa shape index (κ1) is 13.1. The molecule has 98 valence electrons. The Balaban J connectivity index is 2.00. The van der Waals surface area contributed by atoms with Crippen molar-refractivity contribution in [2.24, 2.45) is 5.92 Å². The molecule has 0 bridgehead atoms. The van der Waals surface area contributed by atoms with E-state index in [1.807, 2.05) is 25.3 Å². The molecule has 18 heavy (non-hydrogen) atoms. The molecule has 0 N–H and O–H groups in total. The fourth-order valence-electron chi connectivity index (χ4n) is 2.52. The molecule has 0 aromatic carbocycles. The van der Waals surface area contributed by atoms with Gasteiger partial charge in [0.2, 0.25) is 0 Å². The van der Waals surface area contributed by atoms with Gasteiger partial charge in [-0.3, -0.25) is 9.78 Å². The maximum Gasteiger partial charge on any atom is 0.180 e. The smallest absolute Gasteiger partial charge is 0.180 e. The van der Waals surface area contributed by atoms with Crippen molar-refractivity contribution in [3.05, 3.63) is 24.0 Å². The van der Waals surface area contributed by atoms with Crippen molar-refractivity contribution >= 4 is 11.5 Å². The van der Waals surface area contributed by atoms with Crippen LogP contribution in [0.15, 0.2) is 18.3 Å². The van der Waals surface area contributed by atoms with Crippen molar-refractivity contribution in [2.45, 2.75) is 39.5 Å². The molecule has 0 atom stereocenters. The number of piperidine rings is 1. The normalized spacial score (nSPS) is 16.9. The molecule has 1 aliphatic rings. The summed E-state index contributed by atoms with van der Waals surface area (Å²) in [6.45, 7) is 6.36. The summed E-state index contributed by atoms with van der Waals surface area (Å²) in [5.74, 6) is 1.00. The third-order valence-electron chi connectivity index (χ3n) is 3.91. The molecule has 0 radical (unpaired) electrons. The Morgan fingerprint density at radius 3 is 2.56 bits per heavy atom. The molecule has 0 amide bonds. The second kappa shape index (κ2) is 5.98. The molecular weight excluding hydrogens is 224 g/mol. The van der Waals surface area contributed by atoms with Crippen LogP contribution in [0.4, 0.5) is 5.69 Å². The number of rotatable bonds is 4. The minimum atomic E-state index is 0.117. The van der Waals surface area contributed by atoms with E-state index < -0.39 is 0 Å². The monoisotopic (exact) mass is 246 g/mol. The predicted molar refractivity (Wildman–Crippen MR) is 74.1 cm³/mol. The summed E-state index contributed by atoms with van der Waals surface area (Å²) in [5, 5.41) is 0. The van der Waals surface area contributed by atoms with E-state index in [0.29, 0.717) is 12.1 Å². The summed E-state index contributed by atoms with van der Waals surface area (Å²) >= 11 is 0. The van der Waals surface area contributed by atoms with Crippen LogP contribution in [-0.4, -0.2) is 23.9 Å². The Labute approximate surface area is 109 Å². The summed E-state index contributed by atoms with van der Waals surface area (Å²) in [7, 11) is 0. The Morgan fingerprint density at radius 1 is 1.33 bits per heavy atom. The summed E-state index contributed by atoms with van der Waals surface area (Å²) in [4.78, 5) is 18.2. The largest absolute Gasteiger partial charge is 0.370 e. The zero-order chi connectivity index (χ0) is 13.0. The summed E-state index contributed by atoms with van der Waals surface area (Å²) in [6.07, 6.45) is 6.19. The van der Waals surface area contributed by atoms with Gasteiger partial charge in [0, 0.05) is 19.5 Å². The fourth-order valence-corrected chi connectivity index (χ4v) is 2.52. The maximum absolute atomic E-state index is 11.5. The summed E-state index contributed by atoms with van der Waals surface area (Å²) in [5.41, 5.74) is 1.74. The molecule has 0 spiro atoms. The first-order valence-corrected chi connectivity index (χ1v) is 6.98. The average molecular weight is 246 g/mol. The second-order valence-electron chi connectivity index (χ2n) is 5.02. The van der Waals surface area contributed by atoms with Crippen molar-refractivity contribution in [1.29, 1.82) is 0 Å². The second-order valence-corrected chi connectivity index (χ2v) is 5.02. The number of carbonyl (C=O) groups is 1. The Kier molecular flexibility index (Phi) is 4.34. The molecule has 1 aliphatic heterocycles. The highest BCUT2D eigenvalue weighted by Gasteiger charge is 2.18. The number of hydrogen-bond donors (Lipinski definition) is 0. The predicted octanol–water partition coefficient (Wildman–Crippen LogP) is 3.30. The fraction of sp³-hybridized carbons (Fsp3) is 0.600. The minimum Gasteiger partial charge on any atom is -0.370 e. The van der Waals surface area contributed by atoms with Gasteiger partial charge in [0.15, 0.2) is 5.78 Å². The number of ketones is 1. The Hall–Kier alpha value is -1.38. The van der Waals surface area contributed by atoms with Crippen molar-refractivity contribution in [3.63, 3.8) is 0 Å². The lowest BCUT2D eigenvalue weighted by atomic mass is 9.94. The van der Waals surface area contributed by atoms with Crippen LogP contribution in [-0.2, 0) is 0 Å². The van der Waals surface area contributed by atoms with E-state index in [9.17, 15) is 4.79 Å². The quantitative estimate of drug-likeness (QED) is 0.764. The van der Waals surface area contributed by atoms with Gasteiger partial charge >= 0.3 is 0 Å². The number of nitrogens with zero attached hydrogens (tertiary/aromatic N) is 2. The van der Waals surface area contributed by atoms with Crippen LogP contribution in [0.3, 0.4) is 0 Å².